The van der Waals surface area contributed by atoms with Crippen molar-refractivity contribution in [3.63, 3.8) is 0 Å². The van der Waals surface area contributed by atoms with Crippen LogP contribution in [0.25, 0.3) is 11.1 Å². The molecule has 23 heavy (non-hydrogen) atoms. The summed E-state index contributed by atoms with van der Waals surface area (Å²) in [6.45, 7) is 10.0. The van der Waals surface area contributed by atoms with Gasteiger partial charge in [-0.25, -0.2) is 0 Å². The zero-order valence-corrected chi connectivity index (χ0v) is 14.7. The molecule has 0 atom stereocenters. The Morgan fingerprint density at radius 2 is 1.65 bits per heavy atom. The molecule has 0 saturated heterocycles. The summed E-state index contributed by atoms with van der Waals surface area (Å²) in [5.74, 6) is 0.327. The van der Waals surface area contributed by atoms with Crippen LogP contribution in [0.4, 0.5) is 0 Å². The Bertz CT molecular complexity index is 661. The fraction of sp³-hybridized carbons (Fsp3) is 0.381. The van der Waals surface area contributed by atoms with E-state index < -0.39 is 5.60 Å². The van der Waals surface area contributed by atoms with Crippen LogP contribution < -0.4 is 0 Å². The number of ether oxygens (including phenoxy) is 1. The predicted octanol–water partition coefficient (Wildman–Crippen LogP) is 5.36. The highest BCUT2D eigenvalue weighted by Crippen LogP contribution is 2.24. The van der Waals surface area contributed by atoms with Crippen molar-refractivity contribution in [3.8, 4) is 11.1 Å². The molecule has 2 heteroatoms. The van der Waals surface area contributed by atoms with Crippen LogP contribution in [0.3, 0.4) is 0 Å². The minimum atomic E-state index is -0.436. The number of benzene rings is 2. The highest BCUT2D eigenvalue weighted by Gasteiger charge is 2.16. The van der Waals surface area contributed by atoms with E-state index in [4.69, 9.17) is 4.74 Å². The molecule has 0 aliphatic carbocycles. The van der Waals surface area contributed by atoms with Crippen molar-refractivity contribution in [3.05, 3.63) is 59.7 Å². The zero-order chi connectivity index (χ0) is 17.0. The Labute approximate surface area is 139 Å². The molecule has 2 nitrogen and oxygen atoms in total. The van der Waals surface area contributed by atoms with Gasteiger partial charge in [0.1, 0.15) is 5.60 Å². The smallest absolute Gasteiger partial charge is 0.310 e. The number of esters is 1. The van der Waals surface area contributed by atoms with E-state index in [1.54, 1.807) is 0 Å². The first-order valence-electron chi connectivity index (χ1n) is 8.16. The Balaban J connectivity index is 2.10. The standard InChI is InChI=1S/C21H26O2/c1-15(2)18-7-6-8-19(14-18)17-11-9-16(10-12-17)13-20(22)23-21(3,4)5/h6-12,14-15H,13H2,1-5H3. The Kier molecular flexibility index (Phi) is 5.25. The maximum absolute atomic E-state index is 11.9. The average Bonchev–Trinajstić information content (AvgIpc) is 2.46. The van der Waals surface area contributed by atoms with Crippen molar-refractivity contribution >= 4 is 5.97 Å². The van der Waals surface area contributed by atoms with Crippen molar-refractivity contribution in [2.75, 3.05) is 0 Å². The fourth-order valence-electron chi connectivity index (χ4n) is 2.44. The van der Waals surface area contributed by atoms with Crippen LogP contribution in [0.5, 0.6) is 0 Å². The highest BCUT2D eigenvalue weighted by molar-refractivity contribution is 5.73. The summed E-state index contributed by atoms with van der Waals surface area (Å²) in [5.41, 5.74) is 4.25. The van der Waals surface area contributed by atoms with Gasteiger partial charge in [-0.3, -0.25) is 4.79 Å². The number of carbonyl (C=O) groups excluding carboxylic acids is 1. The van der Waals surface area contributed by atoms with Gasteiger partial charge < -0.3 is 4.74 Å². The number of hydrogen-bond acceptors (Lipinski definition) is 2. The van der Waals surface area contributed by atoms with Crippen LogP contribution in [-0.4, -0.2) is 11.6 Å². The molecular weight excluding hydrogens is 284 g/mol. The van der Waals surface area contributed by atoms with Gasteiger partial charge >= 0.3 is 5.97 Å². The van der Waals surface area contributed by atoms with E-state index in [1.165, 1.54) is 16.7 Å². The number of hydrogen-bond donors (Lipinski definition) is 0. The normalized spacial score (nSPS) is 11.6. The molecule has 2 rings (SSSR count). The Morgan fingerprint density at radius 3 is 2.22 bits per heavy atom. The second kappa shape index (κ2) is 6.99. The second-order valence-corrected chi connectivity index (χ2v) is 7.24. The second-order valence-electron chi connectivity index (χ2n) is 7.24. The third kappa shape index (κ3) is 5.24. The van der Waals surface area contributed by atoms with Crippen LogP contribution >= 0.6 is 0 Å². The van der Waals surface area contributed by atoms with E-state index >= 15 is 0 Å². The SMILES string of the molecule is CC(C)c1cccc(-c2ccc(CC(=O)OC(C)(C)C)cc2)c1. The maximum atomic E-state index is 11.9. The highest BCUT2D eigenvalue weighted by atomic mass is 16.6. The summed E-state index contributed by atoms with van der Waals surface area (Å²) < 4.78 is 5.36. The van der Waals surface area contributed by atoms with Gasteiger partial charge in [0.25, 0.3) is 0 Å². The van der Waals surface area contributed by atoms with Crippen molar-refractivity contribution < 1.29 is 9.53 Å². The van der Waals surface area contributed by atoms with Gasteiger partial charge in [0.05, 0.1) is 6.42 Å². The predicted molar refractivity (Wildman–Crippen MR) is 95.5 cm³/mol. The molecule has 0 saturated carbocycles. The minimum Gasteiger partial charge on any atom is -0.460 e. The molecule has 0 heterocycles. The maximum Gasteiger partial charge on any atom is 0.310 e. The lowest BCUT2D eigenvalue weighted by atomic mass is 9.97. The van der Waals surface area contributed by atoms with Gasteiger partial charge in [-0.05, 0) is 48.9 Å². The van der Waals surface area contributed by atoms with Crippen molar-refractivity contribution in [2.24, 2.45) is 0 Å². The first-order valence-corrected chi connectivity index (χ1v) is 8.16. The van der Waals surface area contributed by atoms with Gasteiger partial charge in [0.15, 0.2) is 0 Å². The number of rotatable bonds is 4. The Morgan fingerprint density at radius 1 is 1.00 bits per heavy atom. The van der Waals surface area contributed by atoms with Gasteiger partial charge in [0, 0.05) is 0 Å². The molecule has 0 amide bonds. The molecule has 0 fully saturated rings. The molecule has 2 aromatic carbocycles. The van der Waals surface area contributed by atoms with E-state index in [1.807, 2.05) is 32.9 Å². The van der Waals surface area contributed by atoms with E-state index in [9.17, 15) is 4.79 Å². The van der Waals surface area contributed by atoms with E-state index in [-0.39, 0.29) is 5.97 Å². The van der Waals surface area contributed by atoms with Gasteiger partial charge in [-0.15, -0.1) is 0 Å². The third-order valence-electron chi connectivity index (χ3n) is 3.61. The third-order valence-corrected chi connectivity index (χ3v) is 3.61. The van der Waals surface area contributed by atoms with Gasteiger partial charge in [0.2, 0.25) is 0 Å². The van der Waals surface area contributed by atoms with Crippen molar-refractivity contribution in [1.29, 1.82) is 0 Å². The summed E-state index contributed by atoms with van der Waals surface area (Å²) in [4.78, 5) is 11.9. The van der Waals surface area contributed by atoms with Crippen LogP contribution in [0, 0.1) is 0 Å². The summed E-state index contributed by atoms with van der Waals surface area (Å²) in [7, 11) is 0. The monoisotopic (exact) mass is 310 g/mol. The molecule has 2 aromatic rings. The molecule has 0 radical (unpaired) electrons. The van der Waals surface area contributed by atoms with Crippen molar-refractivity contribution in [2.45, 2.75) is 52.6 Å². The van der Waals surface area contributed by atoms with E-state index in [0.717, 1.165) is 5.56 Å². The lowest BCUT2D eigenvalue weighted by Crippen LogP contribution is -2.24. The first kappa shape index (κ1) is 17.3. The largest absolute Gasteiger partial charge is 0.460 e. The zero-order valence-electron chi connectivity index (χ0n) is 14.7. The molecule has 0 aromatic heterocycles. The topological polar surface area (TPSA) is 26.3 Å². The molecule has 0 aliphatic heterocycles. The molecular formula is C21H26O2. The average molecular weight is 310 g/mol. The molecule has 0 unspecified atom stereocenters. The van der Waals surface area contributed by atoms with Gasteiger partial charge in [-0.2, -0.15) is 0 Å². The fourth-order valence-corrected chi connectivity index (χ4v) is 2.44. The van der Waals surface area contributed by atoms with Crippen LogP contribution in [0.2, 0.25) is 0 Å². The molecule has 0 bridgehead atoms. The molecule has 122 valence electrons. The summed E-state index contributed by atoms with van der Waals surface area (Å²) in [5, 5.41) is 0. The summed E-state index contributed by atoms with van der Waals surface area (Å²) >= 11 is 0. The first-order chi connectivity index (χ1) is 10.7. The van der Waals surface area contributed by atoms with Crippen LogP contribution in [0.15, 0.2) is 48.5 Å². The molecule has 0 N–H and O–H groups in total. The van der Waals surface area contributed by atoms with E-state index in [2.05, 4.69) is 50.2 Å². The van der Waals surface area contributed by atoms with Crippen molar-refractivity contribution in [1.82, 2.24) is 0 Å². The molecule has 0 spiro atoms. The molecule has 0 aliphatic rings. The summed E-state index contributed by atoms with van der Waals surface area (Å²) in [6.07, 6.45) is 0.309. The minimum absolute atomic E-state index is 0.188. The van der Waals surface area contributed by atoms with Crippen LogP contribution in [0.1, 0.15) is 51.7 Å². The lowest BCUT2D eigenvalue weighted by Gasteiger charge is -2.19. The van der Waals surface area contributed by atoms with E-state index in [0.29, 0.717) is 12.3 Å². The summed E-state index contributed by atoms with van der Waals surface area (Å²) in [6, 6.07) is 16.7. The quantitative estimate of drug-likeness (QED) is 0.710. The van der Waals surface area contributed by atoms with Gasteiger partial charge in [-0.1, -0.05) is 62.4 Å². The number of carbonyl (C=O) groups is 1. The Hall–Kier alpha value is -2.09. The van der Waals surface area contributed by atoms with Crippen LogP contribution in [-0.2, 0) is 16.0 Å². The lowest BCUT2D eigenvalue weighted by molar-refractivity contribution is -0.153.